The molecule has 0 aliphatic heterocycles. The molecule has 0 aromatic carbocycles. The van der Waals surface area contributed by atoms with E-state index in [1.807, 2.05) is 0 Å². The topological polar surface area (TPSA) is 110 Å². The molecule has 18 heavy (non-hydrogen) atoms. The van der Waals surface area contributed by atoms with Crippen molar-refractivity contribution in [2.45, 2.75) is 19.4 Å². The summed E-state index contributed by atoms with van der Waals surface area (Å²) in [4.78, 5) is 7.65. The van der Waals surface area contributed by atoms with Crippen LogP contribution >= 0.6 is 11.6 Å². The summed E-state index contributed by atoms with van der Waals surface area (Å²) in [5.41, 5.74) is 5.23. The summed E-state index contributed by atoms with van der Waals surface area (Å²) < 4.78 is 24.8. The van der Waals surface area contributed by atoms with E-state index >= 15 is 0 Å². The number of nitrogens with one attached hydrogen (secondary N) is 2. The molecule has 0 aliphatic rings. The largest absolute Gasteiger partial charge is 0.393 e. The molecule has 9 heteroatoms. The van der Waals surface area contributed by atoms with Crippen LogP contribution in [0.25, 0.3) is 0 Å². The highest BCUT2D eigenvalue weighted by Crippen LogP contribution is 2.22. The third-order valence-electron chi connectivity index (χ3n) is 1.99. The van der Waals surface area contributed by atoms with Crippen molar-refractivity contribution in [2.75, 3.05) is 23.9 Å². The number of rotatable bonds is 5. The van der Waals surface area contributed by atoms with Crippen LogP contribution in [-0.2, 0) is 10.0 Å². The van der Waals surface area contributed by atoms with Gasteiger partial charge in [0.25, 0.3) is 0 Å². The predicted octanol–water partition coefficient (Wildman–Crippen LogP) is 0.452. The minimum Gasteiger partial charge on any atom is -0.393 e. The van der Waals surface area contributed by atoms with Gasteiger partial charge in [0, 0.05) is 12.1 Å². The van der Waals surface area contributed by atoms with E-state index in [2.05, 4.69) is 20.0 Å². The van der Waals surface area contributed by atoms with Gasteiger partial charge in [0.1, 0.15) is 12.0 Å². The van der Waals surface area contributed by atoms with Crippen LogP contribution in [0.3, 0.4) is 0 Å². The standard InChI is InChI=1S/C9H16ClN5O2S/c1-9(2,15-18(3,16)17)4-12-8-6(11)7(10)13-5-14-8/h5,15H,4,11H2,1-3H3,(H,12,13,14). The van der Waals surface area contributed by atoms with Gasteiger partial charge >= 0.3 is 0 Å². The summed E-state index contributed by atoms with van der Waals surface area (Å²) in [5.74, 6) is 0.373. The van der Waals surface area contributed by atoms with Crippen LogP contribution in [-0.4, -0.2) is 36.7 Å². The van der Waals surface area contributed by atoms with Crippen molar-refractivity contribution in [1.29, 1.82) is 0 Å². The number of anilines is 2. The Bertz CT molecular complexity index is 532. The molecular weight excluding hydrogens is 278 g/mol. The number of sulfonamides is 1. The fraction of sp³-hybridized carbons (Fsp3) is 0.556. The first-order chi connectivity index (χ1) is 8.11. The molecule has 7 nitrogen and oxygen atoms in total. The normalized spacial score (nSPS) is 12.4. The van der Waals surface area contributed by atoms with Crippen LogP contribution in [0.1, 0.15) is 13.8 Å². The Hall–Kier alpha value is -1.12. The van der Waals surface area contributed by atoms with E-state index in [1.54, 1.807) is 13.8 Å². The summed E-state index contributed by atoms with van der Waals surface area (Å²) >= 11 is 5.74. The van der Waals surface area contributed by atoms with E-state index in [1.165, 1.54) is 6.33 Å². The zero-order valence-electron chi connectivity index (χ0n) is 10.4. The molecule has 1 aromatic rings. The zero-order chi connectivity index (χ0) is 14.0. The minimum atomic E-state index is -3.28. The summed E-state index contributed by atoms with van der Waals surface area (Å²) in [7, 11) is -3.28. The highest BCUT2D eigenvalue weighted by molar-refractivity contribution is 7.88. The fourth-order valence-electron chi connectivity index (χ4n) is 1.36. The molecule has 0 atom stereocenters. The smallest absolute Gasteiger partial charge is 0.209 e. The van der Waals surface area contributed by atoms with Crippen LogP contribution in [0.4, 0.5) is 11.5 Å². The number of hydrogen-bond donors (Lipinski definition) is 3. The monoisotopic (exact) mass is 293 g/mol. The molecule has 0 amide bonds. The highest BCUT2D eigenvalue weighted by atomic mass is 35.5. The number of nitrogens with two attached hydrogens (primary N) is 1. The summed E-state index contributed by atoms with van der Waals surface area (Å²) in [6.45, 7) is 3.78. The molecular formula is C9H16ClN5O2S. The average molecular weight is 294 g/mol. The van der Waals surface area contributed by atoms with Crippen molar-refractivity contribution in [1.82, 2.24) is 14.7 Å². The Balaban J connectivity index is 2.73. The van der Waals surface area contributed by atoms with E-state index in [9.17, 15) is 8.42 Å². The second-order valence-electron chi connectivity index (χ2n) is 4.54. The zero-order valence-corrected chi connectivity index (χ0v) is 11.9. The first kappa shape index (κ1) is 14.9. The van der Waals surface area contributed by atoms with Gasteiger partial charge in [0.15, 0.2) is 11.0 Å². The molecule has 0 aliphatic carbocycles. The SMILES string of the molecule is CC(C)(CNc1ncnc(Cl)c1N)NS(C)(=O)=O. The van der Waals surface area contributed by atoms with Gasteiger partial charge in [-0.3, -0.25) is 0 Å². The highest BCUT2D eigenvalue weighted by Gasteiger charge is 2.22. The second-order valence-corrected chi connectivity index (χ2v) is 6.64. The Morgan fingerprint density at radius 2 is 2.06 bits per heavy atom. The van der Waals surface area contributed by atoms with Crippen molar-refractivity contribution < 1.29 is 8.42 Å². The molecule has 1 aromatic heterocycles. The molecule has 0 spiro atoms. The molecule has 0 bridgehead atoms. The van der Waals surface area contributed by atoms with Gasteiger partial charge in [-0.15, -0.1) is 0 Å². The quantitative estimate of drug-likeness (QED) is 0.680. The summed E-state index contributed by atoms with van der Waals surface area (Å²) in [6, 6.07) is 0. The lowest BCUT2D eigenvalue weighted by Crippen LogP contribution is -2.47. The molecule has 1 rings (SSSR count). The molecule has 0 fully saturated rings. The molecule has 0 saturated carbocycles. The van der Waals surface area contributed by atoms with Gasteiger partial charge in [-0.25, -0.2) is 23.1 Å². The first-order valence-corrected chi connectivity index (χ1v) is 7.36. The Labute approximate surface area is 111 Å². The number of aromatic nitrogens is 2. The van der Waals surface area contributed by atoms with E-state index in [4.69, 9.17) is 17.3 Å². The Kier molecular flexibility index (Phi) is 4.36. The van der Waals surface area contributed by atoms with Crippen molar-refractivity contribution in [2.24, 2.45) is 0 Å². The van der Waals surface area contributed by atoms with Gasteiger partial charge in [-0.05, 0) is 13.8 Å². The van der Waals surface area contributed by atoms with Crippen molar-refractivity contribution in [3.63, 3.8) is 0 Å². The Morgan fingerprint density at radius 3 is 2.61 bits per heavy atom. The molecule has 102 valence electrons. The van der Waals surface area contributed by atoms with Gasteiger partial charge in [-0.1, -0.05) is 11.6 Å². The van der Waals surface area contributed by atoms with Crippen LogP contribution in [0, 0.1) is 0 Å². The first-order valence-electron chi connectivity index (χ1n) is 5.09. The molecule has 0 radical (unpaired) electrons. The third kappa shape index (κ3) is 4.63. The van der Waals surface area contributed by atoms with E-state index in [0.29, 0.717) is 12.4 Å². The number of halogens is 1. The lowest BCUT2D eigenvalue weighted by Gasteiger charge is -2.25. The van der Waals surface area contributed by atoms with Crippen molar-refractivity contribution in [3.05, 3.63) is 11.5 Å². The third-order valence-corrected chi connectivity index (χ3v) is 3.22. The van der Waals surface area contributed by atoms with E-state index in [-0.39, 0.29) is 10.8 Å². The number of nitrogen functional groups attached to an aromatic ring is 1. The Morgan fingerprint density at radius 1 is 1.44 bits per heavy atom. The van der Waals surface area contributed by atoms with Gasteiger partial charge in [0.2, 0.25) is 10.0 Å². The molecule has 0 unspecified atom stereocenters. The summed E-state index contributed by atoms with van der Waals surface area (Å²) in [5, 5.41) is 3.08. The van der Waals surface area contributed by atoms with Crippen molar-refractivity contribution in [3.8, 4) is 0 Å². The van der Waals surface area contributed by atoms with E-state index < -0.39 is 15.6 Å². The van der Waals surface area contributed by atoms with Gasteiger partial charge < -0.3 is 11.1 Å². The van der Waals surface area contributed by atoms with Gasteiger partial charge in [0.05, 0.1) is 6.26 Å². The number of nitrogens with zero attached hydrogens (tertiary/aromatic N) is 2. The lowest BCUT2D eigenvalue weighted by molar-refractivity contribution is 0.476. The predicted molar refractivity (Wildman–Crippen MR) is 72.0 cm³/mol. The number of hydrogen-bond acceptors (Lipinski definition) is 6. The maximum atomic E-state index is 11.2. The van der Waals surface area contributed by atoms with Crippen LogP contribution in [0.2, 0.25) is 5.15 Å². The second kappa shape index (κ2) is 5.25. The van der Waals surface area contributed by atoms with Crippen LogP contribution in [0.15, 0.2) is 6.33 Å². The lowest BCUT2D eigenvalue weighted by atomic mass is 10.1. The van der Waals surface area contributed by atoms with Gasteiger partial charge in [-0.2, -0.15) is 0 Å². The van der Waals surface area contributed by atoms with E-state index in [0.717, 1.165) is 6.26 Å². The molecule has 4 N–H and O–H groups in total. The maximum absolute atomic E-state index is 11.2. The molecule has 1 heterocycles. The fourth-order valence-corrected chi connectivity index (χ4v) is 2.57. The maximum Gasteiger partial charge on any atom is 0.209 e. The summed E-state index contributed by atoms with van der Waals surface area (Å²) in [6.07, 6.45) is 2.38. The molecule has 0 saturated heterocycles. The van der Waals surface area contributed by atoms with Crippen LogP contribution in [0.5, 0.6) is 0 Å². The average Bonchev–Trinajstić information content (AvgIpc) is 2.17. The minimum absolute atomic E-state index is 0.154. The van der Waals surface area contributed by atoms with Crippen LogP contribution < -0.4 is 15.8 Å². The van der Waals surface area contributed by atoms with Crippen molar-refractivity contribution >= 4 is 33.1 Å².